The highest BCUT2D eigenvalue weighted by Crippen LogP contribution is 2.50. The number of aryl methyl sites for hydroxylation is 3. The van der Waals surface area contributed by atoms with Gasteiger partial charge in [-0.2, -0.15) is 0 Å². The van der Waals surface area contributed by atoms with Crippen molar-refractivity contribution in [1.29, 1.82) is 0 Å². The van der Waals surface area contributed by atoms with Gasteiger partial charge in [0.1, 0.15) is 11.5 Å². The zero-order valence-electron chi connectivity index (χ0n) is 33.8. The molecule has 2 heterocycles. The van der Waals surface area contributed by atoms with Gasteiger partial charge in [-0.3, -0.25) is 0 Å². The first-order chi connectivity index (χ1) is 30.1. The molecule has 0 bridgehead atoms. The highest BCUT2D eigenvalue weighted by molar-refractivity contribution is 6.11. The van der Waals surface area contributed by atoms with Crippen LogP contribution in [0.3, 0.4) is 0 Å². The van der Waals surface area contributed by atoms with Crippen LogP contribution in [-0.4, -0.2) is 4.57 Å². The minimum absolute atomic E-state index is 0.850. The number of hydrogen-bond donors (Lipinski definition) is 0. The van der Waals surface area contributed by atoms with Gasteiger partial charge in [0.25, 0.3) is 0 Å². The van der Waals surface area contributed by atoms with Crippen molar-refractivity contribution in [2.24, 2.45) is 0 Å². The number of rotatable bonds is 9. The molecule has 0 aliphatic carbocycles. The molecule has 61 heavy (non-hydrogen) atoms. The van der Waals surface area contributed by atoms with E-state index < -0.39 is 0 Å². The fourth-order valence-corrected chi connectivity index (χ4v) is 8.77. The molecular formula is C57H42N2O2. The Kier molecular flexibility index (Phi) is 9.16. The molecule has 0 unspecified atom stereocenters. The van der Waals surface area contributed by atoms with Gasteiger partial charge in [-0.05, 0) is 144 Å². The lowest BCUT2D eigenvalue weighted by molar-refractivity contribution is 0.472. The van der Waals surface area contributed by atoms with Crippen molar-refractivity contribution < 1.29 is 9.47 Å². The molecule has 1 aliphatic rings. The van der Waals surface area contributed by atoms with E-state index in [1.165, 1.54) is 49.6 Å². The maximum absolute atomic E-state index is 6.38. The van der Waals surface area contributed by atoms with Crippen LogP contribution >= 0.6 is 0 Å². The second-order valence-electron chi connectivity index (χ2n) is 15.7. The zero-order chi connectivity index (χ0) is 40.7. The maximum atomic E-state index is 6.38. The number of hydrogen-bond acceptors (Lipinski definition) is 3. The molecule has 0 N–H and O–H groups in total. The van der Waals surface area contributed by atoms with Crippen molar-refractivity contribution in [2.45, 2.75) is 19.8 Å². The Morgan fingerprint density at radius 3 is 1.59 bits per heavy atom. The lowest BCUT2D eigenvalue weighted by Gasteiger charge is -2.32. The number of fused-ring (bicyclic) bond motifs is 5. The Labute approximate surface area is 356 Å². The van der Waals surface area contributed by atoms with Crippen LogP contribution in [0.4, 0.5) is 17.1 Å². The molecule has 1 aromatic heterocycles. The lowest BCUT2D eigenvalue weighted by atomic mass is 9.98. The average molecular weight is 787 g/mol. The Hall–Kier alpha value is -7.82. The second-order valence-corrected chi connectivity index (χ2v) is 15.7. The highest BCUT2D eigenvalue weighted by Gasteiger charge is 2.25. The van der Waals surface area contributed by atoms with Gasteiger partial charge in [-0.1, -0.05) is 127 Å². The van der Waals surface area contributed by atoms with Crippen molar-refractivity contribution in [3.63, 3.8) is 0 Å². The van der Waals surface area contributed by atoms with E-state index in [-0.39, 0.29) is 0 Å². The molecular weight excluding hydrogens is 745 g/mol. The number of aromatic nitrogens is 1. The predicted octanol–water partition coefficient (Wildman–Crippen LogP) is 15.6. The molecule has 9 aromatic carbocycles. The lowest BCUT2D eigenvalue weighted by Crippen LogP contribution is -2.15. The summed E-state index contributed by atoms with van der Waals surface area (Å²) >= 11 is 0. The number of nitrogens with zero attached hydrogens (tertiary/aromatic N) is 2. The quantitative estimate of drug-likeness (QED) is 0.146. The van der Waals surface area contributed by atoms with E-state index in [1.807, 2.05) is 48.5 Å². The molecule has 11 rings (SSSR count). The van der Waals surface area contributed by atoms with Crippen molar-refractivity contribution in [2.75, 3.05) is 4.90 Å². The number of ether oxygens (including phenoxy) is 2. The first kappa shape index (κ1) is 36.3. The molecule has 0 fully saturated rings. The second kappa shape index (κ2) is 15.4. The Balaban J connectivity index is 0.909. The molecule has 292 valence electrons. The SMILES string of the molecule is Cc1ccccc1Oc1ccccc1CCc1ccc(-c2ccc3c(c2)c2cc(-c4ccc(N5c6ccccc6Oc6ccccc65)cc4)ccc2n3-c2ccccc2)cc1. The van der Waals surface area contributed by atoms with Crippen molar-refractivity contribution in [3.8, 4) is 50.9 Å². The minimum Gasteiger partial charge on any atom is -0.457 e. The molecule has 1 aliphatic heterocycles. The van der Waals surface area contributed by atoms with Crippen LogP contribution in [0.5, 0.6) is 23.0 Å². The van der Waals surface area contributed by atoms with E-state index in [1.54, 1.807) is 0 Å². The number of para-hydroxylation sites is 7. The standard InChI is InChI=1S/C57H42N2O2/c1-39-13-5-9-19-54(39)60-55-20-10-6-14-43(55)28-25-40-23-26-41(27-24-40)44-31-35-50-48(37-44)49-38-45(32-36-51(49)58(50)46-15-3-2-4-16-46)42-29-33-47(34-30-42)59-52-17-7-11-21-56(52)61-57-22-12-8-18-53(57)59/h2-24,26-27,29-38H,25,28H2,1H3. The van der Waals surface area contributed by atoms with E-state index in [2.05, 4.69) is 180 Å². The van der Waals surface area contributed by atoms with Gasteiger partial charge in [0.05, 0.1) is 22.4 Å². The van der Waals surface area contributed by atoms with Crippen LogP contribution in [0.15, 0.2) is 212 Å². The number of benzene rings is 9. The van der Waals surface area contributed by atoms with Crippen LogP contribution in [0.1, 0.15) is 16.7 Å². The molecule has 0 saturated carbocycles. The predicted molar refractivity (Wildman–Crippen MR) is 252 cm³/mol. The van der Waals surface area contributed by atoms with Crippen LogP contribution in [-0.2, 0) is 12.8 Å². The van der Waals surface area contributed by atoms with Crippen molar-refractivity contribution in [3.05, 3.63) is 229 Å². The monoisotopic (exact) mass is 786 g/mol. The molecule has 0 spiro atoms. The summed E-state index contributed by atoms with van der Waals surface area (Å²) in [5.41, 5.74) is 15.0. The summed E-state index contributed by atoms with van der Waals surface area (Å²) in [4.78, 5) is 2.28. The third-order valence-corrected chi connectivity index (χ3v) is 11.9. The van der Waals surface area contributed by atoms with Gasteiger partial charge >= 0.3 is 0 Å². The summed E-state index contributed by atoms with van der Waals surface area (Å²) in [6.07, 6.45) is 1.82. The Morgan fingerprint density at radius 1 is 0.426 bits per heavy atom. The van der Waals surface area contributed by atoms with E-state index in [4.69, 9.17) is 9.47 Å². The average Bonchev–Trinajstić information content (AvgIpc) is 3.65. The van der Waals surface area contributed by atoms with E-state index >= 15 is 0 Å². The Bertz CT molecular complexity index is 3160. The van der Waals surface area contributed by atoms with Gasteiger partial charge in [0, 0.05) is 22.1 Å². The summed E-state index contributed by atoms with van der Waals surface area (Å²) in [5.74, 6) is 3.52. The minimum atomic E-state index is 0.850. The van der Waals surface area contributed by atoms with Crippen LogP contribution in [0.25, 0.3) is 49.7 Å². The molecule has 0 radical (unpaired) electrons. The van der Waals surface area contributed by atoms with Gasteiger partial charge in [-0.15, -0.1) is 0 Å². The van der Waals surface area contributed by atoms with Gasteiger partial charge < -0.3 is 18.9 Å². The topological polar surface area (TPSA) is 26.6 Å². The van der Waals surface area contributed by atoms with Crippen LogP contribution < -0.4 is 14.4 Å². The molecule has 0 atom stereocenters. The first-order valence-electron chi connectivity index (χ1n) is 21.0. The largest absolute Gasteiger partial charge is 0.457 e. The van der Waals surface area contributed by atoms with Crippen LogP contribution in [0.2, 0.25) is 0 Å². The normalized spacial score (nSPS) is 11.9. The molecule has 10 aromatic rings. The summed E-state index contributed by atoms with van der Waals surface area (Å²) in [5, 5.41) is 2.45. The first-order valence-corrected chi connectivity index (χ1v) is 21.0. The molecule has 0 saturated heterocycles. The fraction of sp³-hybridized carbons (Fsp3) is 0.0526. The fourth-order valence-electron chi connectivity index (χ4n) is 8.77. The van der Waals surface area contributed by atoms with Gasteiger partial charge in [0.2, 0.25) is 0 Å². The van der Waals surface area contributed by atoms with Gasteiger partial charge in [0.15, 0.2) is 11.5 Å². The van der Waals surface area contributed by atoms with Crippen molar-refractivity contribution >= 4 is 38.9 Å². The van der Waals surface area contributed by atoms with E-state index in [0.717, 1.165) is 69.7 Å². The van der Waals surface area contributed by atoms with E-state index in [9.17, 15) is 0 Å². The van der Waals surface area contributed by atoms with Crippen molar-refractivity contribution in [1.82, 2.24) is 4.57 Å². The summed E-state index contributed by atoms with van der Waals surface area (Å²) in [6, 6.07) is 75.4. The number of anilines is 3. The summed E-state index contributed by atoms with van der Waals surface area (Å²) < 4.78 is 15.0. The molecule has 0 amide bonds. The molecule has 4 heteroatoms. The van der Waals surface area contributed by atoms with E-state index in [0.29, 0.717) is 0 Å². The third-order valence-electron chi connectivity index (χ3n) is 11.9. The van der Waals surface area contributed by atoms with Crippen LogP contribution in [0, 0.1) is 6.92 Å². The third kappa shape index (κ3) is 6.78. The highest BCUT2D eigenvalue weighted by atomic mass is 16.5. The molecule has 4 nitrogen and oxygen atoms in total. The summed E-state index contributed by atoms with van der Waals surface area (Å²) in [6.45, 7) is 2.08. The zero-order valence-corrected chi connectivity index (χ0v) is 33.8. The summed E-state index contributed by atoms with van der Waals surface area (Å²) in [7, 11) is 0. The maximum Gasteiger partial charge on any atom is 0.151 e. The Morgan fingerprint density at radius 2 is 0.951 bits per heavy atom. The smallest absolute Gasteiger partial charge is 0.151 e. The van der Waals surface area contributed by atoms with Gasteiger partial charge in [-0.25, -0.2) is 0 Å².